The van der Waals surface area contributed by atoms with Crippen LogP contribution in [0.25, 0.3) is 0 Å². The minimum atomic E-state index is -0.0477. The van der Waals surface area contributed by atoms with Crippen molar-refractivity contribution >= 4 is 17.4 Å². The van der Waals surface area contributed by atoms with Crippen LogP contribution in [0.3, 0.4) is 0 Å². The molecule has 2 aromatic rings. The Hall–Kier alpha value is -2.36. The Morgan fingerprint density at radius 2 is 2.00 bits per heavy atom. The number of nitrogens with zero attached hydrogens (tertiary/aromatic N) is 1. The van der Waals surface area contributed by atoms with Crippen LogP contribution in [0, 0.1) is 6.92 Å². The number of nitrogens with one attached hydrogen (secondary N) is 2. The van der Waals surface area contributed by atoms with Gasteiger partial charge in [-0.15, -0.1) is 0 Å². The fourth-order valence-electron chi connectivity index (χ4n) is 2.15. The van der Waals surface area contributed by atoms with Gasteiger partial charge in [0.2, 0.25) is 5.91 Å². The second-order valence-corrected chi connectivity index (χ2v) is 5.36. The van der Waals surface area contributed by atoms with Crippen LogP contribution in [0.5, 0.6) is 0 Å². The van der Waals surface area contributed by atoms with Crippen LogP contribution in [-0.4, -0.2) is 17.4 Å². The monoisotopic (exact) mass is 297 g/mol. The Bertz CT molecular complexity index is 608. The molecular formula is C18H23N3O. The van der Waals surface area contributed by atoms with E-state index in [9.17, 15) is 4.79 Å². The van der Waals surface area contributed by atoms with E-state index >= 15 is 0 Å². The second-order valence-electron chi connectivity index (χ2n) is 5.36. The highest BCUT2D eigenvalue weighted by molar-refractivity contribution is 5.91. The molecule has 4 heteroatoms. The summed E-state index contributed by atoms with van der Waals surface area (Å²) in [6.07, 6.45) is 4.41. The molecule has 0 saturated carbocycles. The van der Waals surface area contributed by atoms with E-state index in [0.29, 0.717) is 12.2 Å². The first-order valence-electron chi connectivity index (χ1n) is 7.73. The topological polar surface area (TPSA) is 54.0 Å². The Morgan fingerprint density at radius 3 is 2.68 bits per heavy atom. The van der Waals surface area contributed by atoms with Crippen LogP contribution >= 0.6 is 0 Å². The minimum absolute atomic E-state index is 0.0477. The summed E-state index contributed by atoms with van der Waals surface area (Å²) in [5.74, 6) is 0.535. The molecule has 0 saturated heterocycles. The lowest BCUT2D eigenvalue weighted by molar-refractivity contribution is -0.115. The zero-order chi connectivity index (χ0) is 15.8. The molecule has 0 radical (unpaired) electrons. The SMILES string of the molecule is CCCCNc1ccc(NC(=O)Cc2ccccc2C)nc1. The van der Waals surface area contributed by atoms with Crippen LogP contribution < -0.4 is 10.6 Å². The molecule has 116 valence electrons. The van der Waals surface area contributed by atoms with Crippen molar-refractivity contribution < 1.29 is 4.79 Å². The summed E-state index contributed by atoms with van der Waals surface area (Å²) in [6, 6.07) is 11.7. The van der Waals surface area contributed by atoms with Crippen molar-refractivity contribution in [1.29, 1.82) is 0 Å². The van der Waals surface area contributed by atoms with Crippen molar-refractivity contribution in [3.63, 3.8) is 0 Å². The lowest BCUT2D eigenvalue weighted by Gasteiger charge is -2.08. The zero-order valence-corrected chi connectivity index (χ0v) is 13.2. The third kappa shape index (κ3) is 4.88. The van der Waals surface area contributed by atoms with Gasteiger partial charge in [0.15, 0.2) is 0 Å². The Labute approximate surface area is 132 Å². The van der Waals surface area contributed by atoms with E-state index < -0.39 is 0 Å². The van der Waals surface area contributed by atoms with E-state index in [1.54, 1.807) is 6.20 Å². The predicted molar refractivity (Wildman–Crippen MR) is 91.1 cm³/mol. The molecule has 22 heavy (non-hydrogen) atoms. The summed E-state index contributed by atoms with van der Waals surface area (Å²) in [6.45, 7) is 5.11. The summed E-state index contributed by atoms with van der Waals surface area (Å²) >= 11 is 0. The van der Waals surface area contributed by atoms with Crippen LogP contribution in [0.4, 0.5) is 11.5 Å². The van der Waals surface area contributed by atoms with Crippen molar-refractivity contribution in [2.75, 3.05) is 17.2 Å². The lowest BCUT2D eigenvalue weighted by atomic mass is 10.1. The van der Waals surface area contributed by atoms with Gasteiger partial charge in [-0.05, 0) is 36.6 Å². The van der Waals surface area contributed by atoms with Crippen molar-refractivity contribution in [3.05, 3.63) is 53.7 Å². The highest BCUT2D eigenvalue weighted by Gasteiger charge is 2.06. The molecule has 1 aromatic heterocycles. The average Bonchev–Trinajstić information content (AvgIpc) is 2.51. The van der Waals surface area contributed by atoms with Gasteiger partial charge >= 0.3 is 0 Å². The number of benzene rings is 1. The number of aryl methyl sites for hydroxylation is 1. The van der Waals surface area contributed by atoms with Gasteiger partial charge in [0.1, 0.15) is 5.82 Å². The van der Waals surface area contributed by atoms with E-state index in [1.807, 2.05) is 43.3 Å². The Morgan fingerprint density at radius 1 is 1.18 bits per heavy atom. The van der Waals surface area contributed by atoms with E-state index in [4.69, 9.17) is 0 Å². The largest absolute Gasteiger partial charge is 0.384 e. The van der Waals surface area contributed by atoms with Crippen LogP contribution in [0.1, 0.15) is 30.9 Å². The maximum Gasteiger partial charge on any atom is 0.229 e. The Kier molecular flexibility index (Phi) is 5.95. The molecule has 2 rings (SSSR count). The molecule has 0 spiro atoms. The standard InChI is InChI=1S/C18H23N3O/c1-3-4-11-19-16-9-10-17(20-13-16)21-18(22)12-15-8-6-5-7-14(15)2/h5-10,13,19H,3-4,11-12H2,1-2H3,(H,20,21,22). The fourth-order valence-corrected chi connectivity index (χ4v) is 2.15. The summed E-state index contributed by atoms with van der Waals surface area (Å²) in [4.78, 5) is 16.3. The minimum Gasteiger partial charge on any atom is -0.384 e. The third-order valence-corrected chi connectivity index (χ3v) is 3.50. The number of rotatable bonds is 7. The van der Waals surface area contributed by atoms with E-state index in [1.165, 1.54) is 0 Å². The molecular weight excluding hydrogens is 274 g/mol. The van der Waals surface area contributed by atoms with Gasteiger partial charge < -0.3 is 10.6 Å². The lowest BCUT2D eigenvalue weighted by Crippen LogP contribution is -2.16. The van der Waals surface area contributed by atoms with E-state index in [2.05, 4.69) is 22.5 Å². The number of unbranched alkanes of at least 4 members (excludes halogenated alkanes) is 1. The van der Waals surface area contributed by atoms with E-state index in [0.717, 1.165) is 36.2 Å². The number of hydrogen-bond donors (Lipinski definition) is 2. The molecule has 1 aromatic carbocycles. The number of amides is 1. The van der Waals surface area contributed by atoms with Crippen molar-refractivity contribution in [2.45, 2.75) is 33.1 Å². The molecule has 0 bridgehead atoms. The molecule has 1 amide bonds. The molecule has 0 aliphatic heterocycles. The third-order valence-electron chi connectivity index (χ3n) is 3.50. The summed E-state index contributed by atoms with van der Waals surface area (Å²) < 4.78 is 0. The number of hydrogen-bond acceptors (Lipinski definition) is 3. The van der Waals surface area contributed by atoms with Crippen molar-refractivity contribution in [3.8, 4) is 0 Å². The summed E-state index contributed by atoms with van der Waals surface area (Å²) in [7, 11) is 0. The van der Waals surface area contributed by atoms with Gasteiger partial charge in [0, 0.05) is 6.54 Å². The smallest absolute Gasteiger partial charge is 0.229 e. The van der Waals surface area contributed by atoms with Crippen molar-refractivity contribution in [1.82, 2.24) is 4.98 Å². The van der Waals surface area contributed by atoms with Crippen LogP contribution in [0.2, 0.25) is 0 Å². The first-order chi connectivity index (χ1) is 10.7. The maximum atomic E-state index is 12.1. The van der Waals surface area contributed by atoms with Gasteiger partial charge in [-0.25, -0.2) is 4.98 Å². The quantitative estimate of drug-likeness (QED) is 0.765. The number of carbonyl (C=O) groups excluding carboxylic acids is 1. The first-order valence-corrected chi connectivity index (χ1v) is 7.73. The van der Waals surface area contributed by atoms with Gasteiger partial charge in [-0.1, -0.05) is 37.6 Å². The van der Waals surface area contributed by atoms with Crippen LogP contribution in [-0.2, 0) is 11.2 Å². The highest BCUT2D eigenvalue weighted by atomic mass is 16.1. The normalized spacial score (nSPS) is 10.3. The van der Waals surface area contributed by atoms with E-state index in [-0.39, 0.29) is 5.91 Å². The first kappa shape index (κ1) is 16.0. The average molecular weight is 297 g/mol. The molecule has 2 N–H and O–H groups in total. The van der Waals surface area contributed by atoms with Gasteiger partial charge in [-0.2, -0.15) is 0 Å². The second kappa shape index (κ2) is 8.17. The fraction of sp³-hybridized carbons (Fsp3) is 0.333. The molecule has 0 aliphatic carbocycles. The molecule has 0 fully saturated rings. The number of carbonyl (C=O) groups is 1. The predicted octanol–water partition coefficient (Wildman–Crippen LogP) is 3.78. The number of aromatic nitrogens is 1. The van der Waals surface area contributed by atoms with Gasteiger partial charge in [-0.3, -0.25) is 4.79 Å². The van der Waals surface area contributed by atoms with Crippen molar-refractivity contribution in [2.24, 2.45) is 0 Å². The molecule has 4 nitrogen and oxygen atoms in total. The Balaban J connectivity index is 1.88. The molecule has 0 atom stereocenters. The zero-order valence-electron chi connectivity index (χ0n) is 13.2. The molecule has 1 heterocycles. The number of anilines is 2. The van der Waals surface area contributed by atoms with Crippen LogP contribution in [0.15, 0.2) is 42.6 Å². The summed E-state index contributed by atoms with van der Waals surface area (Å²) in [5.41, 5.74) is 3.14. The van der Waals surface area contributed by atoms with Gasteiger partial charge in [0.05, 0.1) is 18.3 Å². The maximum absolute atomic E-state index is 12.1. The molecule has 0 unspecified atom stereocenters. The molecule has 0 aliphatic rings. The number of pyridine rings is 1. The highest BCUT2D eigenvalue weighted by Crippen LogP contribution is 2.12. The van der Waals surface area contributed by atoms with Gasteiger partial charge in [0.25, 0.3) is 0 Å². The summed E-state index contributed by atoms with van der Waals surface area (Å²) in [5, 5.41) is 6.13.